The SMILES string of the molecule is Cc1cccc(-n2nnc(C(=O)N3CCN4CCCCC4C3)c2C)c1. The van der Waals surface area contributed by atoms with Crippen LogP contribution in [0.5, 0.6) is 0 Å². The van der Waals surface area contributed by atoms with E-state index in [9.17, 15) is 4.79 Å². The predicted octanol–water partition coefficient (Wildman–Crippen LogP) is 2.19. The summed E-state index contributed by atoms with van der Waals surface area (Å²) in [6, 6.07) is 8.60. The molecule has 0 radical (unpaired) electrons. The van der Waals surface area contributed by atoms with Gasteiger partial charge in [0.2, 0.25) is 0 Å². The zero-order valence-electron chi connectivity index (χ0n) is 15.0. The fraction of sp³-hybridized carbons (Fsp3) is 0.526. The van der Waals surface area contributed by atoms with Crippen LogP contribution in [0.1, 0.15) is 41.0 Å². The third-order valence-electron chi connectivity index (χ3n) is 5.47. The molecule has 0 aliphatic carbocycles. The molecule has 2 fully saturated rings. The topological polar surface area (TPSA) is 54.3 Å². The van der Waals surface area contributed by atoms with Crippen LogP contribution in [0.25, 0.3) is 5.69 Å². The number of amides is 1. The van der Waals surface area contributed by atoms with E-state index < -0.39 is 0 Å². The lowest BCUT2D eigenvalue weighted by atomic mass is 9.99. The Hall–Kier alpha value is -2.21. The van der Waals surface area contributed by atoms with Crippen molar-refractivity contribution in [1.82, 2.24) is 24.8 Å². The van der Waals surface area contributed by atoms with Crippen molar-refractivity contribution < 1.29 is 4.79 Å². The summed E-state index contributed by atoms with van der Waals surface area (Å²) in [5, 5.41) is 8.44. The van der Waals surface area contributed by atoms with Crippen molar-refractivity contribution in [2.75, 3.05) is 26.2 Å². The Morgan fingerprint density at radius 2 is 2.04 bits per heavy atom. The fourth-order valence-electron chi connectivity index (χ4n) is 4.02. The third kappa shape index (κ3) is 3.06. The van der Waals surface area contributed by atoms with Crippen molar-refractivity contribution in [2.24, 2.45) is 0 Å². The summed E-state index contributed by atoms with van der Waals surface area (Å²) < 4.78 is 1.76. The molecule has 6 nitrogen and oxygen atoms in total. The number of nitrogens with zero attached hydrogens (tertiary/aromatic N) is 5. The van der Waals surface area contributed by atoms with Gasteiger partial charge < -0.3 is 4.90 Å². The Morgan fingerprint density at radius 1 is 1.16 bits per heavy atom. The molecular weight excluding hydrogens is 314 g/mol. The number of fused-ring (bicyclic) bond motifs is 1. The van der Waals surface area contributed by atoms with E-state index in [0.29, 0.717) is 11.7 Å². The second-order valence-corrected chi connectivity index (χ2v) is 7.21. The van der Waals surface area contributed by atoms with Crippen molar-refractivity contribution in [3.05, 3.63) is 41.2 Å². The summed E-state index contributed by atoms with van der Waals surface area (Å²) in [5.41, 5.74) is 3.39. The average molecular weight is 339 g/mol. The molecule has 0 spiro atoms. The van der Waals surface area contributed by atoms with E-state index in [1.165, 1.54) is 25.8 Å². The minimum absolute atomic E-state index is 0.0154. The Labute approximate surface area is 148 Å². The molecule has 2 aliphatic rings. The smallest absolute Gasteiger partial charge is 0.276 e. The summed E-state index contributed by atoms with van der Waals surface area (Å²) in [4.78, 5) is 17.5. The number of hydrogen-bond acceptors (Lipinski definition) is 4. The van der Waals surface area contributed by atoms with Crippen molar-refractivity contribution in [1.29, 1.82) is 0 Å². The van der Waals surface area contributed by atoms with Crippen LogP contribution in [-0.4, -0.2) is 62.9 Å². The maximum absolute atomic E-state index is 13.0. The highest BCUT2D eigenvalue weighted by atomic mass is 16.2. The van der Waals surface area contributed by atoms with Gasteiger partial charge in [-0.3, -0.25) is 9.69 Å². The molecule has 0 N–H and O–H groups in total. The molecule has 1 amide bonds. The van der Waals surface area contributed by atoms with Crippen LogP contribution in [0.3, 0.4) is 0 Å². The van der Waals surface area contributed by atoms with Crippen LogP contribution in [0, 0.1) is 13.8 Å². The lowest BCUT2D eigenvalue weighted by Gasteiger charge is -2.43. The molecule has 1 unspecified atom stereocenters. The number of aryl methyl sites for hydroxylation is 1. The maximum Gasteiger partial charge on any atom is 0.276 e. The molecule has 2 saturated heterocycles. The zero-order chi connectivity index (χ0) is 17.4. The van der Waals surface area contributed by atoms with E-state index in [1.54, 1.807) is 4.68 Å². The second-order valence-electron chi connectivity index (χ2n) is 7.21. The Balaban J connectivity index is 1.55. The first-order valence-corrected chi connectivity index (χ1v) is 9.16. The minimum Gasteiger partial charge on any atom is -0.334 e. The summed E-state index contributed by atoms with van der Waals surface area (Å²) in [6.07, 6.45) is 3.75. The lowest BCUT2D eigenvalue weighted by Crippen LogP contribution is -2.56. The minimum atomic E-state index is 0.0154. The molecule has 1 aromatic carbocycles. The number of hydrogen-bond donors (Lipinski definition) is 0. The van der Waals surface area contributed by atoms with Gasteiger partial charge in [0.25, 0.3) is 5.91 Å². The monoisotopic (exact) mass is 339 g/mol. The van der Waals surface area contributed by atoms with Crippen LogP contribution in [-0.2, 0) is 0 Å². The molecule has 4 rings (SSSR count). The van der Waals surface area contributed by atoms with E-state index in [2.05, 4.69) is 21.3 Å². The van der Waals surface area contributed by atoms with E-state index in [-0.39, 0.29) is 5.91 Å². The van der Waals surface area contributed by atoms with Gasteiger partial charge in [-0.25, -0.2) is 4.68 Å². The maximum atomic E-state index is 13.0. The highest BCUT2D eigenvalue weighted by Crippen LogP contribution is 2.23. The van der Waals surface area contributed by atoms with Gasteiger partial charge in [-0.2, -0.15) is 0 Å². The molecule has 132 valence electrons. The van der Waals surface area contributed by atoms with Crippen LogP contribution < -0.4 is 0 Å². The molecule has 1 atom stereocenters. The number of rotatable bonds is 2. The average Bonchev–Trinajstić information content (AvgIpc) is 3.02. The van der Waals surface area contributed by atoms with E-state index >= 15 is 0 Å². The Bertz CT molecular complexity index is 784. The summed E-state index contributed by atoms with van der Waals surface area (Å²) >= 11 is 0. The molecule has 3 heterocycles. The van der Waals surface area contributed by atoms with E-state index in [4.69, 9.17) is 0 Å². The number of benzene rings is 1. The van der Waals surface area contributed by atoms with Crippen LogP contribution >= 0.6 is 0 Å². The second kappa shape index (κ2) is 6.59. The van der Waals surface area contributed by atoms with Crippen molar-refractivity contribution >= 4 is 5.91 Å². The molecule has 0 bridgehead atoms. The van der Waals surface area contributed by atoms with Crippen LogP contribution in [0.15, 0.2) is 24.3 Å². The molecule has 0 saturated carbocycles. The standard InChI is InChI=1S/C19H25N5O/c1-14-6-5-8-16(12-14)24-15(2)18(20-21-24)19(25)23-11-10-22-9-4-3-7-17(22)13-23/h5-6,8,12,17H,3-4,7,9-11,13H2,1-2H3. The normalized spacial score (nSPS) is 21.2. The van der Waals surface area contributed by atoms with Gasteiger partial charge in [0.1, 0.15) is 0 Å². The lowest BCUT2D eigenvalue weighted by molar-refractivity contribution is 0.0367. The summed E-state index contributed by atoms with van der Waals surface area (Å²) in [5.74, 6) is 0.0154. The van der Waals surface area contributed by atoms with E-state index in [1.807, 2.05) is 36.9 Å². The van der Waals surface area contributed by atoms with Crippen molar-refractivity contribution in [3.8, 4) is 5.69 Å². The van der Waals surface area contributed by atoms with Gasteiger partial charge in [0.15, 0.2) is 5.69 Å². The van der Waals surface area contributed by atoms with Gasteiger partial charge in [0, 0.05) is 25.7 Å². The zero-order valence-corrected chi connectivity index (χ0v) is 15.0. The van der Waals surface area contributed by atoms with Crippen LogP contribution in [0.2, 0.25) is 0 Å². The molecular formula is C19H25N5O. The molecule has 2 aliphatic heterocycles. The quantitative estimate of drug-likeness (QED) is 0.842. The van der Waals surface area contributed by atoms with Crippen molar-refractivity contribution in [3.63, 3.8) is 0 Å². The van der Waals surface area contributed by atoms with Gasteiger partial charge in [-0.15, -0.1) is 5.10 Å². The number of piperidine rings is 1. The number of piperazine rings is 1. The van der Waals surface area contributed by atoms with E-state index in [0.717, 1.165) is 36.6 Å². The molecule has 2 aromatic rings. The van der Waals surface area contributed by atoms with Gasteiger partial charge in [0.05, 0.1) is 11.4 Å². The Kier molecular flexibility index (Phi) is 4.29. The summed E-state index contributed by atoms with van der Waals surface area (Å²) in [6.45, 7) is 7.72. The predicted molar refractivity (Wildman–Crippen MR) is 95.9 cm³/mol. The first kappa shape index (κ1) is 16.3. The van der Waals surface area contributed by atoms with Gasteiger partial charge in [-0.1, -0.05) is 23.8 Å². The summed E-state index contributed by atoms with van der Waals surface area (Å²) in [7, 11) is 0. The number of carbonyl (C=O) groups excluding carboxylic acids is 1. The fourth-order valence-corrected chi connectivity index (χ4v) is 4.02. The number of carbonyl (C=O) groups is 1. The van der Waals surface area contributed by atoms with Gasteiger partial charge >= 0.3 is 0 Å². The molecule has 25 heavy (non-hydrogen) atoms. The first-order valence-electron chi connectivity index (χ1n) is 9.16. The Morgan fingerprint density at radius 3 is 2.88 bits per heavy atom. The number of aromatic nitrogens is 3. The van der Waals surface area contributed by atoms with Gasteiger partial charge in [-0.05, 0) is 50.9 Å². The van der Waals surface area contributed by atoms with Crippen LogP contribution in [0.4, 0.5) is 0 Å². The molecule has 6 heteroatoms. The highest BCUT2D eigenvalue weighted by Gasteiger charge is 2.33. The highest BCUT2D eigenvalue weighted by molar-refractivity contribution is 5.93. The molecule has 1 aromatic heterocycles. The third-order valence-corrected chi connectivity index (χ3v) is 5.47. The first-order chi connectivity index (χ1) is 12.1. The largest absolute Gasteiger partial charge is 0.334 e. The van der Waals surface area contributed by atoms with Crippen molar-refractivity contribution in [2.45, 2.75) is 39.2 Å².